The van der Waals surface area contributed by atoms with Gasteiger partial charge in [0, 0.05) is 53.1 Å². The van der Waals surface area contributed by atoms with Gasteiger partial charge in [-0.15, -0.1) is 11.8 Å². The van der Waals surface area contributed by atoms with Crippen molar-refractivity contribution in [1.82, 2.24) is 9.47 Å². The Labute approximate surface area is 179 Å². The van der Waals surface area contributed by atoms with E-state index >= 15 is 0 Å². The quantitative estimate of drug-likeness (QED) is 0.588. The molecule has 1 aliphatic heterocycles. The van der Waals surface area contributed by atoms with E-state index in [0.717, 1.165) is 27.5 Å². The molecule has 2 aromatic carbocycles. The molecular weight excluding hydrogens is 404 g/mol. The SMILES string of the molecule is Cc1cc(=O)c(C(=O)N(C)C)c2n1-c1ccc(Cl)cc1SC(c1ccccc1)C2. The summed E-state index contributed by atoms with van der Waals surface area (Å²) < 4.78 is 2.04. The van der Waals surface area contributed by atoms with Crippen LogP contribution in [0.3, 0.4) is 0 Å². The molecule has 6 heteroatoms. The third kappa shape index (κ3) is 3.61. The van der Waals surface area contributed by atoms with Crippen molar-refractivity contribution in [3.8, 4) is 5.69 Å². The van der Waals surface area contributed by atoms with Gasteiger partial charge >= 0.3 is 0 Å². The number of thioether (sulfide) groups is 1. The van der Waals surface area contributed by atoms with Crippen LogP contribution in [-0.2, 0) is 6.42 Å². The molecule has 0 fully saturated rings. The lowest BCUT2D eigenvalue weighted by Gasteiger charge is -2.21. The van der Waals surface area contributed by atoms with Crippen LogP contribution in [0.1, 0.15) is 32.6 Å². The van der Waals surface area contributed by atoms with Gasteiger partial charge in [0.2, 0.25) is 0 Å². The van der Waals surface area contributed by atoms with Crippen molar-refractivity contribution in [3.05, 3.63) is 92.4 Å². The van der Waals surface area contributed by atoms with Gasteiger partial charge in [-0.2, -0.15) is 0 Å². The highest BCUT2D eigenvalue weighted by Crippen LogP contribution is 2.45. The van der Waals surface area contributed by atoms with Crippen LogP contribution in [0.25, 0.3) is 5.69 Å². The molecule has 1 unspecified atom stereocenters. The van der Waals surface area contributed by atoms with Gasteiger partial charge < -0.3 is 9.47 Å². The molecule has 148 valence electrons. The fourth-order valence-electron chi connectivity index (χ4n) is 3.77. The molecule has 0 spiro atoms. The number of nitrogens with zero attached hydrogens (tertiary/aromatic N) is 2. The average Bonchev–Trinajstić information content (AvgIpc) is 2.85. The van der Waals surface area contributed by atoms with Crippen LogP contribution in [-0.4, -0.2) is 29.5 Å². The van der Waals surface area contributed by atoms with E-state index in [1.54, 1.807) is 31.9 Å². The van der Waals surface area contributed by atoms with Crippen LogP contribution < -0.4 is 5.43 Å². The summed E-state index contributed by atoms with van der Waals surface area (Å²) in [6, 6.07) is 17.5. The molecular formula is C23H21ClN2O2S. The van der Waals surface area contributed by atoms with Gasteiger partial charge in [0.25, 0.3) is 5.91 Å². The zero-order chi connectivity index (χ0) is 20.7. The fraction of sp³-hybridized carbons (Fsp3) is 0.217. The maximum absolute atomic E-state index is 13.0. The Morgan fingerprint density at radius 1 is 1.14 bits per heavy atom. The van der Waals surface area contributed by atoms with Crippen LogP contribution in [0.15, 0.2) is 64.3 Å². The van der Waals surface area contributed by atoms with Gasteiger partial charge in [-0.05, 0) is 30.7 Å². The number of carbonyl (C=O) groups is 1. The van der Waals surface area contributed by atoms with E-state index in [1.807, 2.05) is 47.9 Å². The second-order valence-corrected chi connectivity index (χ2v) is 9.02. The van der Waals surface area contributed by atoms with Gasteiger partial charge in [0.1, 0.15) is 5.56 Å². The molecule has 3 aromatic rings. The third-order valence-electron chi connectivity index (χ3n) is 5.10. The van der Waals surface area contributed by atoms with E-state index in [-0.39, 0.29) is 22.1 Å². The zero-order valence-electron chi connectivity index (χ0n) is 16.5. The van der Waals surface area contributed by atoms with Crippen molar-refractivity contribution < 1.29 is 4.79 Å². The highest BCUT2D eigenvalue weighted by atomic mass is 35.5. The summed E-state index contributed by atoms with van der Waals surface area (Å²) in [5.74, 6) is -0.270. The molecule has 1 aromatic heterocycles. The first-order valence-electron chi connectivity index (χ1n) is 9.35. The molecule has 0 N–H and O–H groups in total. The first-order chi connectivity index (χ1) is 13.9. The number of aryl methyl sites for hydroxylation is 1. The van der Waals surface area contributed by atoms with E-state index in [0.29, 0.717) is 11.4 Å². The molecule has 2 heterocycles. The predicted octanol–water partition coefficient (Wildman–Crippen LogP) is 4.89. The Bertz CT molecular complexity index is 1160. The molecule has 1 amide bonds. The average molecular weight is 425 g/mol. The van der Waals surface area contributed by atoms with Gasteiger partial charge in [-0.25, -0.2) is 0 Å². The Kier molecular flexibility index (Phi) is 5.28. The Morgan fingerprint density at radius 3 is 2.55 bits per heavy atom. The van der Waals surface area contributed by atoms with Gasteiger partial charge in [0.15, 0.2) is 5.43 Å². The third-order valence-corrected chi connectivity index (χ3v) is 6.64. The molecule has 4 nitrogen and oxygen atoms in total. The highest BCUT2D eigenvalue weighted by molar-refractivity contribution is 7.99. The summed E-state index contributed by atoms with van der Waals surface area (Å²) in [4.78, 5) is 28.3. The number of carbonyl (C=O) groups excluding carboxylic acids is 1. The van der Waals surface area contributed by atoms with Crippen molar-refractivity contribution in [2.45, 2.75) is 23.5 Å². The second-order valence-electron chi connectivity index (χ2n) is 7.34. The number of fused-ring (bicyclic) bond motifs is 3. The zero-order valence-corrected chi connectivity index (χ0v) is 18.1. The number of pyridine rings is 1. The Morgan fingerprint density at radius 2 is 1.86 bits per heavy atom. The summed E-state index contributed by atoms with van der Waals surface area (Å²) in [5, 5.41) is 0.715. The largest absolute Gasteiger partial charge is 0.345 e. The van der Waals surface area contributed by atoms with Gasteiger partial charge in [0.05, 0.1) is 5.69 Å². The van der Waals surface area contributed by atoms with Crippen LogP contribution in [0, 0.1) is 6.92 Å². The summed E-state index contributed by atoms with van der Waals surface area (Å²) >= 11 is 8.02. The lowest BCUT2D eigenvalue weighted by molar-refractivity contribution is 0.0824. The maximum atomic E-state index is 13.0. The minimum atomic E-state index is -0.270. The van der Waals surface area contributed by atoms with E-state index in [4.69, 9.17) is 11.6 Å². The second kappa shape index (κ2) is 7.73. The van der Waals surface area contributed by atoms with Crippen molar-refractivity contribution in [2.75, 3.05) is 14.1 Å². The molecule has 29 heavy (non-hydrogen) atoms. The number of hydrogen-bond acceptors (Lipinski definition) is 3. The van der Waals surface area contributed by atoms with Crippen LogP contribution in [0.2, 0.25) is 5.02 Å². The smallest absolute Gasteiger partial charge is 0.259 e. The van der Waals surface area contributed by atoms with Crippen LogP contribution in [0.4, 0.5) is 0 Å². The van der Waals surface area contributed by atoms with Gasteiger partial charge in [-0.1, -0.05) is 41.9 Å². The van der Waals surface area contributed by atoms with Crippen LogP contribution in [0.5, 0.6) is 0 Å². The fourth-order valence-corrected chi connectivity index (χ4v) is 5.32. The van der Waals surface area contributed by atoms with E-state index in [1.165, 1.54) is 4.90 Å². The molecule has 1 aliphatic rings. The highest BCUT2D eigenvalue weighted by Gasteiger charge is 2.29. The first kappa shape index (κ1) is 19.8. The Balaban J connectivity index is 2.04. The number of benzene rings is 2. The molecule has 0 saturated heterocycles. The molecule has 0 radical (unpaired) electrons. The summed E-state index contributed by atoms with van der Waals surface area (Å²) in [6.07, 6.45) is 0.562. The van der Waals surface area contributed by atoms with Crippen molar-refractivity contribution in [3.63, 3.8) is 0 Å². The molecule has 4 rings (SSSR count). The first-order valence-corrected chi connectivity index (χ1v) is 10.6. The molecule has 0 saturated carbocycles. The molecule has 1 atom stereocenters. The van der Waals surface area contributed by atoms with E-state index < -0.39 is 0 Å². The number of aromatic nitrogens is 1. The van der Waals surface area contributed by atoms with E-state index in [2.05, 4.69) is 12.1 Å². The topological polar surface area (TPSA) is 42.3 Å². The van der Waals surface area contributed by atoms with Crippen LogP contribution >= 0.6 is 23.4 Å². The predicted molar refractivity (Wildman–Crippen MR) is 119 cm³/mol. The summed E-state index contributed by atoms with van der Waals surface area (Å²) in [5.41, 5.74) is 3.65. The lowest BCUT2D eigenvalue weighted by Crippen LogP contribution is -2.32. The normalized spacial score (nSPS) is 15.2. The van der Waals surface area contributed by atoms with Crippen molar-refractivity contribution in [1.29, 1.82) is 0 Å². The minimum Gasteiger partial charge on any atom is -0.345 e. The number of hydrogen-bond donors (Lipinski definition) is 0. The Hall–Kier alpha value is -2.50. The molecule has 0 bridgehead atoms. The van der Waals surface area contributed by atoms with Crippen molar-refractivity contribution >= 4 is 29.3 Å². The summed E-state index contributed by atoms with van der Waals surface area (Å²) in [7, 11) is 3.35. The number of halogens is 1. The monoisotopic (exact) mass is 424 g/mol. The van der Waals surface area contributed by atoms with Crippen molar-refractivity contribution in [2.24, 2.45) is 0 Å². The van der Waals surface area contributed by atoms with E-state index in [9.17, 15) is 9.59 Å². The molecule has 0 aliphatic carbocycles. The lowest BCUT2D eigenvalue weighted by atomic mass is 10.0. The minimum absolute atomic E-state index is 0.0529. The maximum Gasteiger partial charge on any atom is 0.259 e. The number of amides is 1. The standard InChI is InChI=1S/C23H21ClN2O2S/c1-14-11-19(27)22(23(28)25(2)3)18-13-20(15-7-5-4-6-8-15)29-21-12-16(24)9-10-17(21)26(14)18/h4-12,20H,13H2,1-3H3. The number of rotatable bonds is 2. The van der Waals surface area contributed by atoms with Gasteiger partial charge in [-0.3, -0.25) is 9.59 Å². The summed E-state index contributed by atoms with van der Waals surface area (Å²) in [6.45, 7) is 1.90.